The van der Waals surface area contributed by atoms with Crippen molar-refractivity contribution in [2.75, 3.05) is 24.5 Å². The van der Waals surface area contributed by atoms with Crippen LogP contribution in [0, 0.1) is 0 Å². The van der Waals surface area contributed by atoms with Gasteiger partial charge < -0.3 is 15.3 Å². The van der Waals surface area contributed by atoms with Crippen LogP contribution in [0.25, 0.3) is 0 Å². The number of aliphatic hydroxyl groups is 1. The highest BCUT2D eigenvalue weighted by atomic mass is 16.3. The van der Waals surface area contributed by atoms with E-state index in [2.05, 4.69) is 20.4 Å². The molecular formula is C16H22N6O2. The summed E-state index contributed by atoms with van der Waals surface area (Å²) in [6.07, 6.45) is 8.68. The van der Waals surface area contributed by atoms with E-state index in [1.807, 2.05) is 17.2 Å². The van der Waals surface area contributed by atoms with Gasteiger partial charge in [0.1, 0.15) is 5.60 Å². The zero-order valence-electron chi connectivity index (χ0n) is 13.5. The van der Waals surface area contributed by atoms with Crippen LogP contribution in [0.2, 0.25) is 0 Å². The van der Waals surface area contributed by atoms with Gasteiger partial charge in [0.2, 0.25) is 11.9 Å². The summed E-state index contributed by atoms with van der Waals surface area (Å²) in [6, 6.07) is 3.62. The minimum absolute atomic E-state index is 0.0509. The Labute approximate surface area is 140 Å². The summed E-state index contributed by atoms with van der Waals surface area (Å²) in [6.45, 7) is 2.06. The molecule has 0 spiro atoms. The van der Waals surface area contributed by atoms with Crippen molar-refractivity contribution in [3.63, 3.8) is 0 Å². The fourth-order valence-electron chi connectivity index (χ4n) is 2.81. The monoisotopic (exact) mass is 330 g/mol. The lowest BCUT2D eigenvalue weighted by Crippen LogP contribution is -2.45. The molecule has 0 radical (unpaired) electrons. The Morgan fingerprint density at radius 1 is 1.29 bits per heavy atom. The van der Waals surface area contributed by atoms with Gasteiger partial charge in [-0.05, 0) is 25.0 Å². The summed E-state index contributed by atoms with van der Waals surface area (Å²) in [5.41, 5.74) is -0.934. The molecule has 0 unspecified atom stereocenters. The van der Waals surface area contributed by atoms with Gasteiger partial charge >= 0.3 is 0 Å². The smallest absolute Gasteiger partial charge is 0.225 e. The summed E-state index contributed by atoms with van der Waals surface area (Å²) in [4.78, 5) is 22.3. The Bertz CT molecular complexity index is 648. The first-order valence-electron chi connectivity index (χ1n) is 8.13. The van der Waals surface area contributed by atoms with Crippen LogP contribution in [-0.2, 0) is 11.3 Å². The second-order valence-corrected chi connectivity index (χ2v) is 6.09. The summed E-state index contributed by atoms with van der Waals surface area (Å²) < 4.78 is 1.80. The minimum Gasteiger partial charge on any atom is -0.386 e. The van der Waals surface area contributed by atoms with Crippen molar-refractivity contribution in [1.29, 1.82) is 0 Å². The number of nitrogens with one attached hydrogen (secondary N) is 1. The largest absolute Gasteiger partial charge is 0.386 e. The molecule has 2 aromatic rings. The van der Waals surface area contributed by atoms with E-state index in [1.54, 1.807) is 29.3 Å². The van der Waals surface area contributed by atoms with Gasteiger partial charge in [0, 0.05) is 50.8 Å². The predicted octanol–water partition coefficient (Wildman–Crippen LogP) is 0.211. The van der Waals surface area contributed by atoms with Crippen LogP contribution in [-0.4, -0.2) is 56.0 Å². The molecule has 1 amide bonds. The van der Waals surface area contributed by atoms with E-state index in [0.29, 0.717) is 38.4 Å². The topological polar surface area (TPSA) is 96.2 Å². The van der Waals surface area contributed by atoms with Crippen LogP contribution in [0.15, 0.2) is 36.9 Å². The summed E-state index contributed by atoms with van der Waals surface area (Å²) in [7, 11) is 0. The molecule has 0 aromatic carbocycles. The van der Waals surface area contributed by atoms with Crippen molar-refractivity contribution in [2.24, 2.45) is 0 Å². The lowest BCUT2D eigenvalue weighted by atomic mass is 10.0. The Morgan fingerprint density at radius 3 is 2.88 bits per heavy atom. The van der Waals surface area contributed by atoms with Crippen molar-refractivity contribution in [2.45, 2.75) is 31.4 Å². The highest BCUT2D eigenvalue weighted by Gasteiger charge is 2.37. The van der Waals surface area contributed by atoms with Gasteiger partial charge in [-0.2, -0.15) is 5.10 Å². The second-order valence-electron chi connectivity index (χ2n) is 6.09. The van der Waals surface area contributed by atoms with Gasteiger partial charge in [0.15, 0.2) is 0 Å². The molecule has 1 atom stereocenters. The molecule has 1 fully saturated rings. The molecule has 0 saturated carbocycles. The van der Waals surface area contributed by atoms with Crippen LogP contribution in [0.4, 0.5) is 5.95 Å². The van der Waals surface area contributed by atoms with Crippen LogP contribution < -0.4 is 10.2 Å². The Kier molecular flexibility index (Phi) is 5.05. The number of hydrogen-bond donors (Lipinski definition) is 2. The first-order chi connectivity index (χ1) is 11.6. The molecule has 3 heterocycles. The predicted molar refractivity (Wildman–Crippen MR) is 88.3 cm³/mol. The Balaban J connectivity index is 1.40. The molecule has 1 aliphatic rings. The van der Waals surface area contributed by atoms with E-state index in [1.165, 1.54) is 0 Å². The molecule has 1 aliphatic heterocycles. The molecule has 0 aliphatic carbocycles. The molecule has 1 saturated heterocycles. The van der Waals surface area contributed by atoms with Crippen LogP contribution >= 0.6 is 0 Å². The number of β-amino-alcohol motifs (C(OH)–C–C–N with tert-alkyl or cyclic N) is 1. The molecule has 3 rings (SSSR count). The van der Waals surface area contributed by atoms with Gasteiger partial charge in [-0.25, -0.2) is 9.97 Å². The number of carbonyl (C=O) groups excluding carboxylic acids is 1. The summed E-state index contributed by atoms with van der Waals surface area (Å²) >= 11 is 0. The number of carbonyl (C=O) groups is 1. The van der Waals surface area contributed by atoms with E-state index >= 15 is 0 Å². The van der Waals surface area contributed by atoms with Crippen molar-refractivity contribution < 1.29 is 9.90 Å². The van der Waals surface area contributed by atoms with Gasteiger partial charge in [0.05, 0.1) is 6.54 Å². The van der Waals surface area contributed by atoms with Gasteiger partial charge in [0.25, 0.3) is 0 Å². The zero-order valence-corrected chi connectivity index (χ0v) is 13.5. The fourth-order valence-corrected chi connectivity index (χ4v) is 2.81. The average molecular weight is 330 g/mol. The Morgan fingerprint density at radius 2 is 2.12 bits per heavy atom. The minimum atomic E-state index is -0.934. The van der Waals surface area contributed by atoms with Gasteiger partial charge in [-0.3, -0.25) is 9.48 Å². The standard InChI is InChI=1S/C16H22N6O2/c23-14(4-1-9-22-10-3-8-20-22)19-12-16(24)5-11-21(13-16)15-17-6-2-7-18-15/h2-3,6-8,10,24H,1,4-5,9,11-13H2,(H,19,23)/t16-/m0/s1. The molecule has 128 valence electrons. The van der Waals surface area contributed by atoms with Crippen molar-refractivity contribution in [1.82, 2.24) is 25.1 Å². The number of aryl methyl sites for hydroxylation is 1. The molecule has 0 bridgehead atoms. The van der Waals surface area contributed by atoms with Crippen molar-refractivity contribution in [3.8, 4) is 0 Å². The van der Waals surface area contributed by atoms with E-state index < -0.39 is 5.60 Å². The first kappa shape index (κ1) is 16.4. The number of amides is 1. The SMILES string of the molecule is O=C(CCCn1cccn1)NC[C@@]1(O)CCN(c2ncccn2)C1. The van der Waals surface area contributed by atoms with E-state index in [9.17, 15) is 9.90 Å². The highest BCUT2D eigenvalue weighted by Crippen LogP contribution is 2.23. The van der Waals surface area contributed by atoms with Gasteiger partial charge in [-0.15, -0.1) is 0 Å². The lowest BCUT2D eigenvalue weighted by Gasteiger charge is -2.23. The third-order valence-electron chi connectivity index (χ3n) is 4.13. The first-order valence-corrected chi connectivity index (χ1v) is 8.13. The van der Waals surface area contributed by atoms with E-state index in [4.69, 9.17) is 0 Å². The quantitative estimate of drug-likeness (QED) is 0.753. The number of hydrogen-bond acceptors (Lipinski definition) is 6. The molecule has 8 heteroatoms. The fraction of sp³-hybridized carbons (Fsp3) is 0.500. The number of aromatic nitrogens is 4. The maximum absolute atomic E-state index is 11.9. The van der Waals surface area contributed by atoms with Crippen LogP contribution in [0.3, 0.4) is 0 Å². The number of anilines is 1. The third-order valence-corrected chi connectivity index (χ3v) is 4.13. The van der Waals surface area contributed by atoms with Crippen LogP contribution in [0.5, 0.6) is 0 Å². The molecule has 24 heavy (non-hydrogen) atoms. The normalized spacial score (nSPS) is 20.3. The maximum Gasteiger partial charge on any atom is 0.225 e. The third kappa shape index (κ3) is 4.29. The lowest BCUT2D eigenvalue weighted by molar-refractivity contribution is -0.122. The highest BCUT2D eigenvalue weighted by molar-refractivity contribution is 5.75. The molecule has 2 aromatic heterocycles. The number of nitrogens with zero attached hydrogens (tertiary/aromatic N) is 5. The number of rotatable bonds is 7. The van der Waals surface area contributed by atoms with E-state index in [-0.39, 0.29) is 12.5 Å². The zero-order chi connectivity index (χ0) is 16.8. The molecular weight excluding hydrogens is 308 g/mol. The molecule has 2 N–H and O–H groups in total. The van der Waals surface area contributed by atoms with Gasteiger partial charge in [-0.1, -0.05) is 0 Å². The second kappa shape index (κ2) is 7.39. The van der Waals surface area contributed by atoms with Crippen molar-refractivity contribution >= 4 is 11.9 Å². The van der Waals surface area contributed by atoms with Crippen molar-refractivity contribution in [3.05, 3.63) is 36.9 Å². The maximum atomic E-state index is 11.9. The Hall–Kier alpha value is -2.48. The molecule has 8 nitrogen and oxygen atoms in total. The van der Waals surface area contributed by atoms with Crippen LogP contribution in [0.1, 0.15) is 19.3 Å². The average Bonchev–Trinajstić information content (AvgIpc) is 3.24. The van der Waals surface area contributed by atoms with E-state index in [0.717, 1.165) is 6.42 Å². The summed E-state index contributed by atoms with van der Waals surface area (Å²) in [5, 5.41) is 17.6. The summed E-state index contributed by atoms with van der Waals surface area (Å²) in [5.74, 6) is 0.559.